The highest BCUT2D eigenvalue weighted by Gasteiger charge is 2.16. The molecule has 2 aromatic rings. The zero-order valence-corrected chi connectivity index (χ0v) is 14.5. The van der Waals surface area contributed by atoms with Crippen LogP contribution in [-0.4, -0.2) is 44.4 Å². The molecule has 1 aliphatic rings. The van der Waals surface area contributed by atoms with Crippen molar-refractivity contribution in [3.63, 3.8) is 0 Å². The molecular weight excluding hydrogens is 310 g/mol. The van der Waals surface area contributed by atoms with Crippen LogP contribution in [-0.2, 0) is 4.74 Å². The van der Waals surface area contributed by atoms with Crippen molar-refractivity contribution in [2.24, 2.45) is 0 Å². The lowest BCUT2D eigenvalue weighted by atomic mass is 10.1. The smallest absolute Gasteiger partial charge is 0.118 e. The fourth-order valence-electron chi connectivity index (χ4n) is 2.71. The summed E-state index contributed by atoms with van der Waals surface area (Å²) in [6, 6.07) is 18.3. The maximum atomic E-state index is 5.47. The number of hydrogen-bond acceptors (Lipinski definition) is 3. The summed E-state index contributed by atoms with van der Waals surface area (Å²) in [5.74, 6) is 7.54. The van der Waals surface area contributed by atoms with E-state index in [1.807, 2.05) is 42.5 Å². The lowest BCUT2D eigenvalue weighted by Crippen LogP contribution is -2.42. The first-order valence-electron chi connectivity index (χ1n) is 8.56. The van der Waals surface area contributed by atoms with Crippen LogP contribution in [0.15, 0.2) is 60.7 Å². The van der Waals surface area contributed by atoms with Gasteiger partial charge in [-0.2, -0.15) is 0 Å². The molecule has 0 aromatic heterocycles. The number of benzene rings is 2. The molecule has 3 rings (SSSR count). The predicted molar refractivity (Wildman–Crippen MR) is 102 cm³/mol. The van der Waals surface area contributed by atoms with E-state index in [9.17, 15) is 0 Å². The minimum absolute atomic E-state index is 0.0752. The number of hydrogen-bond donors (Lipinski definition) is 0. The van der Waals surface area contributed by atoms with E-state index in [-0.39, 0.29) is 6.04 Å². The topological polar surface area (TPSA) is 21.7 Å². The van der Waals surface area contributed by atoms with Gasteiger partial charge in [0.15, 0.2) is 0 Å². The third-order valence-corrected chi connectivity index (χ3v) is 4.16. The monoisotopic (exact) mass is 333 g/mol. The minimum atomic E-state index is 0.0752. The van der Waals surface area contributed by atoms with Crippen molar-refractivity contribution in [3.8, 4) is 17.6 Å². The van der Waals surface area contributed by atoms with Gasteiger partial charge < -0.3 is 9.47 Å². The Kier molecular flexibility index (Phi) is 6.28. The fourth-order valence-corrected chi connectivity index (χ4v) is 2.71. The Morgan fingerprint density at radius 1 is 1.04 bits per heavy atom. The Bertz CT molecular complexity index is 735. The van der Waals surface area contributed by atoms with E-state index in [1.54, 1.807) is 7.11 Å². The third-order valence-electron chi connectivity index (χ3n) is 4.16. The number of ether oxygens (including phenoxy) is 2. The standard InChI is InChI=1S/C22H23NO2/c1-24-22-13-9-20(10-14-22)8-12-21(23-15-17-25-18-16-23)11-7-19-5-3-2-4-6-19/h2-7,9-11,13-14,21H,15-18H2,1H3/b11-7+. The highest BCUT2D eigenvalue weighted by Crippen LogP contribution is 2.12. The van der Waals surface area contributed by atoms with Gasteiger partial charge in [0.05, 0.1) is 26.4 Å². The number of methoxy groups -OCH3 is 1. The van der Waals surface area contributed by atoms with E-state index in [0.29, 0.717) is 0 Å². The van der Waals surface area contributed by atoms with Gasteiger partial charge in [0.25, 0.3) is 0 Å². The van der Waals surface area contributed by atoms with Gasteiger partial charge in [0, 0.05) is 18.7 Å². The summed E-state index contributed by atoms with van der Waals surface area (Å²) in [5, 5.41) is 0. The van der Waals surface area contributed by atoms with Crippen LogP contribution in [0.3, 0.4) is 0 Å². The summed E-state index contributed by atoms with van der Waals surface area (Å²) in [7, 11) is 1.67. The lowest BCUT2D eigenvalue weighted by Gasteiger charge is -2.29. The molecule has 1 aliphatic heterocycles. The summed E-state index contributed by atoms with van der Waals surface area (Å²) in [6.45, 7) is 3.34. The van der Waals surface area contributed by atoms with Crippen molar-refractivity contribution in [1.82, 2.24) is 4.90 Å². The van der Waals surface area contributed by atoms with Gasteiger partial charge in [-0.3, -0.25) is 4.90 Å². The molecule has 0 aliphatic carbocycles. The van der Waals surface area contributed by atoms with E-state index in [0.717, 1.165) is 37.6 Å². The Balaban J connectivity index is 1.78. The van der Waals surface area contributed by atoms with Crippen LogP contribution >= 0.6 is 0 Å². The molecule has 0 N–H and O–H groups in total. The second kappa shape index (κ2) is 9.08. The Hall–Kier alpha value is -2.54. The highest BCUT2D eigenvalue weighted by atomic mass is 16.5. The van der Waals surface area contributed by atoms with Gasteiger partial charge in [-0.15, -0.1) is 0 Å². The zero-order chi connectivity index (χ0) is 17.3. The van der Waals surface area contributed by atoms with Gasteiger partial charge in [-0.25, -0.2) is 0 Å². The van der Waals surface area contributed by atoms with Gasteiger partial charge in [0.1, 0.15) is 5.75 Å². The van der Waals surface area contributed by atoms with E-state index >= 15 is 0 Å². The van der Waals surface area contributed by atoms with Crippen LogP contribution in [0.25, 0.3) is 6.08 Å². The van der Waals surface area contributed by atoms with Crippen LogP contribution in [0.2, 0.25) is 0 Å². The van der Waals surface area contributed by atoms with E-state index < -0.39 is 0 Å². The molecular formula is C22H23NO2. The first-order valence-corrected chi connectivity index (χ1v) is 8.56. The van der Waals surface area contributed by atoms with Gasteiger partial charge in [-0.05, 0) is 29.8 Å². The zero-order valence-electron chi connectivity index (χ0n) is 14.5. The minimum Gasteiger partial charge on any atom is -0.497 e. The highest BCUT2D eigenvalue weighted by molar-refractivity contribution is 5.51. The van der Waals surface area contributed by atoms with E-state index in [2.05, 4.69) is 41.0 Å². The molecule has 0 amide bonds. The predicted octanol–water partition coefficient (Wildman–Crippen LogP) is 3.46. The normalized spacial score (nSPS) is 16.2. The van der Waals surface area contributed by atoms with Crippen LogP contribution in [0.1, 0.15) is 11.1 Å². The number of nitrogens with zero attached hydrogens (tertiary/aromatic N) is 1. The van der Waals surface area contributed by atoms with E-state index in [1.165, 1.54) is 5.56 Å². The summed E-state index contributed by atoms with van der Waals surface area (Å²) < 4.78 is 10.7. The van der Waals surface area contributed by atoms with Gasteiger partial charge in [0.2, 0.25) is 0 Å². The van der Waals surface area contributed by atoms with Gasteiger partial charge in [-0.1, -0.05) is 54.3 Å². The first-order chi connectivity index (χ1) is 12.3. The molecule has 1 heterocycles. The summed E-state index contributed by atoms with van der Waals surface area (Å²) >= 11 is 0. The van der Waals surface area contributed by atoms with Crippen LogP contribution in [0, 0.1) is 11.8 Å². The summed E-state index contributed by atoms with van der Waals surface area (Å²) in [4.78, 5) is 2.36. The van der Waals surface area contributed by atoms with E-state index in [4.69, 9.17) is 9.47 Å². The molecule has 1 atom stereocenters. The Labute approximate surface area is 149 Å². The molecule has 25 heavy (non-hydrogen) atoms. The van der Waals surface area contributed by atoms with Crippen molar-refractivity contribution in [2.45, 2.75) is 6.04 Å². The maximum absolute atomic E-state index is 5.47. The molecule has 0 spiro atoms. The van der Waals surface area contributed by atoms with Crippen molar-refractivity contribution in [1.29, 1.82) is 0 Å². The molecule has 1 saturated heterocycles. The fraction of sp³-hybridized carbons (Fsp3) is 0.273. The summed E-state index contributed by atoms with van der Waals surface area (Å²) in [5.41, 5.74) is 2.18. The summed E-state index contributed by atoms with van der Waals surface area (Å²) in [6.07, 6.45) is 4.32. The molecule has 1 fully saturated rings. The average molecular weight is 333 g/mol. The molecule has 128 valence electrons. The molecule has 3 heteroatoms. The van der Waals surface area contributed by atoms with Crippen LogP contribution in [0.5, 0.6) is 5.75 Å². The third kappa shape index (κ3) is 5.22. The van der Waals surface area contributed by atoms with Crippen molar-refractivity contribution in [3.05, 3.63) is 71.8 Å². The molecule has 1 unspecified atom stereocenters. The lowest BCUT2D eigenvalue weighted by molar-refractivity contribution is 0.0344. The molecule has 0 saturated carbocycles. The van der Waals surface area contributed by atoms with Crippen molar-refractivity contribution >= 4 is 6.08 Å². The number of morpholine rings is 1. The Morgan fingerprint density at radius 3 is 2.44 bits per heavy atom. The molecule has 2 aromatic carbocycles. The SMILES string of the molecule is COc1ccc(C#CC(/C=C/c2ccccc2)N2CCOCC2)cc1. The van der Waals surface area contributed by atoms with Crippen LogP contribution < -0.4 is 4.74 Å². The first kappa shape index (κ1) is 17.3. The second-order valence-corrected chi connectivity index (χ2v) is 5.86. The van der Waals surface area contributed by atoms with Crippen molar-refractivity contribution in [2.75, 3.05) is 33.4 Å². The molecule has 0 radical (unpaired) electrons. The largest absolute Gasteiger partial charge is 0.497 e. The van der Waals surface area contributed by atoms with Crippen LogP contribution in [0.4, 0.5) is 0 Å². The molecule has 0 bridgehead atoms. The average Bonchev–Trinajstić information content (AvgIpc) is 2.70. The maximum Gasteiger partial charge on any atom is 0.118 e. The van der Waals surface area contributed by atoms with Crippen molar-refractivity contribution < 1.29 is 9.47 Å². The second-order valence-electron chi connectivity index (χ2n) is 5.86. The number of rotatable bonds is 4. The molecule has 3 nitrogen and oxygen atoms in total. The van der Waals surface area contributed by atoms with Gasteiger partial charge >= 0.3 is 0 Å². The Morgan fingerprint density at radius 2 is 1.76 bits per heavy atom. The quantitative estimate of drug-likeness (QED) is 0.800.